The van der Waals surface area contributed by atoms with E-state index in [-0.39, 0.29) is 27.3 Å². The van der Waals surface area contributed by atoms with Crippen molar-refractivity contribution in [2.75, 3.05) is 29.0 Å². The van der Waals surface area contributed by atoms with Gasteiger partial charge in [-0.1, -0.05) is 23.5 Å². The van der Waals surface area contributed by atoms with Crippen LogP contribution in [0, 0.1) is 0 Å². The number of rotatable bonds is 5. The van der Waals surface area contributed by atoms with Crippen molar-refractivity contribution in [3.05, 3.63) is 48.4 Å². The van der Waals surface area contributed by atoms with E-state index in [0.717, 1.165) is 36.4 Å². The highest BCUT2D eigenvalue weighted by atomic mass is 32.1. The van der Waals surface area contributed by atoms with Crippen LogP contribution in [-0.4, -0.2) is 41.4 Å². The van der Waals surface area contributed by atoms with Crippen molar-refractivity contribution in [1.82, 2.24) is 9.97 Å². The predicted molar refractivity (Wildman–Crippen MR) is 120 cm³/mol. The molecule has 1 aromatic carbocycles. The third kappa shape index (κ3) is 5.34. The zero-order chi connectivity index (χ0) is 23.6. The summed E-state index contributed by atoms with van der Waals surface area (Å²) in [5, 5.41) is 2.96. The predicted octanol–water partition coefficient (Wildman–Crippen LogP) is 3.87. The van der Waals surface area contributed by atoms with Gasteiger partial charge in [0, 0.05) is 25.3 Å². The summed E-state index contributed by atoms with van der Waals surface area (Å²) in [6.45, 7) is 1.44. The van der Waals surface area contributed by atoms with E-state index in [4.69, 9.17) is 11.5 Å². The standard InChI is InChI=1S/C21H21F3N6O2S/c22-21(23,24)32-16-6-2-1-5-13(16)20-29-17(18(26)33-20)19(31)28-14-10-27-8-7-15(14)30-9-3-4-12(25)11-30/h1-2,5-8,10,12H,3-4,9,11,25-26H2,(H,28,31). The molecule has 1 atom stereocenters. The number of halogens is 3. The Morgan fingerprint density at radius 3 is 2.82 bits per heavy atom. The van der Waals surface area contributed by atoms with E-state index < -0.39 is 18.0 Å². The first-order valence-corrected chi connectivity index (χ1v) is 10.9. The van der Waals surface area contributed by atoms with Crippen LogP contribution in [0.3, 0.4) is 0 Å². The lowest BCUT2D eigenvalue weighted by Gasteiger charge is -2.33. The number of anilines is 3. The van der Waals surface area contributed by atoms with Crippen molar-refractivity contribution >= 4 is 33.6 Å². The lowest BCUT2D eigenvalue weighted by Crippen LogP contribution is -2.43. The summed E-state index contributed by atoms with van der Waals surface area (Å²) in [4.78, 5) is 23.3. The van der Waals surface area contributed by atoms with Gasteiger partial charge in [-0.25, -0.2) is 4.98 Å². The number of hydrogen-bond acceptors (Lipinski definition) is 8. The molecule has 3 aromatic rings. The molecule has 1 aliphatic heterocycles. The molecule has 174 valence electrons. The van der Waals surface area contributed by atoms with E-state index in [1.54, 1.807) is 18.3 Å². The highest BCUT2D eigenvalue weighted by Crippen LogP contribution is 2.38. The molecule has 0 saturated carbocycles. The van der Waals surface area contributed by atoms with Crippen LogP contribution in [0.15, 0.2) is 42.7 Å². The topological polar surface area (TPSA) is 119 Å². The Kier molecular flexibility index (Phi) is 6.38. The maximum atomic E-state index is 13.0. The summed E-state index contributed by atoms with van der Waals surface area (Å²) in [5.74, 6) is -1.03. The molecule has 0 aliphatic carbocycles. The number of nitrogens with one attached hydrogen (secondary N) is 1. The lowest BCUT2D eigenvalue weighted by atomic mass is 10.1. The van der Waals surface area contributed by atoms with Gasteiger partial charge in [0.25, 0.3) is 5.91 Å². The molecule has 4 rings (SSSR count). The maximum absolute atomic E-state index is 13.0. The Morgan fingerprint density at radius 2 is 2.06 bits per heavy atom. The van der Waals surface area contributed by atoms with Crippen LogP contribution in [0.5, 0.6) is 5.75 Å². The van der Waals surface area contributed by atoms with Gasteiger partial charge in [-0.15, -0.1) is 13.2 Å². The van der Waals surface area contributed by atoms with Crippen LogP contribution in [-0.2, 0) is 0 Å². The molecule has 0 radical (unpaired) electrons. The van der Waals surface area contributed by atoms with Crippen molar-refractivity contribution in [2.24, 2.45) is 5.73 Å². The number of ether oxygens (including phenoxy) is 1. The molecule has 3 heterocycles. The van der Waals surface area contributed by atoms with Crippen LogP contribution < -0.4 is 26.4 Å². The number of carbonyl (C=O) groups excluding carboxylic acids is 1. The van der Waals surface area contributed by atoms with Crippen molar-refractivity contribution in [2.45, 2.75) is 25.2 Å². The number of benzene rings is 1. The summed E-state index contributed by atoms with van der Waals surface area (Å²) in [6, 6.07) is 7.36. The van der Waals surface area contributed by atoms with E-state index in [1.165, 1.54) is 24.4 Å². The second-order valence-corrected chi connectivity index (χ2v) is 8.50. The Labute approximate surface area is 191 Å². The van der Waals surface area contributed by atoms with Gasteiger partial charge in [0.2, 0.25) is 0 Å². The van der Waals surface area contributed by atoms with Crippen molar-refractivity contribution in [3.8, 4) is 16.3 Å². The zero-order valence-electron chi connectivity index (χ0n) is 17.3. The van der Waals surface area contributed by atoms with Gasteiger partial charge < -0.3 is 26.4 Å². The number of carbonyl (C=O) groups is 1. The quantitative estimate of drug-likeness (QED) is 0.509. The minimum Gasteiger partial charge on any atom is -0.405 e. The van der Waals surface area contributed by atoms with Crippen molar-refractivity contribution < 1.29 is 22.7 Å². The smallest absolute Gasteiger partial charge is 0.405 e. The van der Waals surface area contributed by atoms with Crippen LogP contribution in [0.2, 0.25) is 0 Å². The van der Waals surface area contributed by atoms with Crippen LogP contribution >= 0.6 is 11.3 Å². The van der Waals surface area contributed by atoms with E-state index in [2.05, 4.69) is 24.9 Å². The largest absolute Gasteiger partial charge is 0.573 e. The molecule has 8 nitrogen and oxygen atoms in total. The van der Waals surface area contributed by atoms with Crippen LogP contribution in [0.1, 0.15) is 23.3 Å². The highest BCUT2D eigenvalue weighted by Gasteiger charge is 2.33. The second kappa shape index (κ2) is 9.24. The Balaban J connectivity index is 1.59. The fourth-order valence-electron chi connectivity index (χ4n) is 3.64. The molecule has 0 bridgehead atoms. The number of para-hydroxylation sites is 1. The number of nitrogens with zero attached hydrogens (tertiary/aromatic N) is 3. The minimum absolute atomic E-state index is 0.0335. The van der Waals surface area contributed by atoms with Crippen LogP contribution in [0.25, 0.3) is 10.6 Å². The van der Waals surface area contributed by atoms with Gasteiger partial charge in [-0.3, -0.25) is 9.78 Å². The van der Waals surface area contributed by atoms with Crippen LogP contribution in [0.4, 0.5) is 29.5 Å². The summed E-state index contributed by atoms with van der Waals surface area (Å²) >= 11 is 0.895. The number of nitrogens with two attached hydrogens (primary N) is 2. The Bertz CT molecular complexity index is 1150. The molecular formula is C21H21F3N6O2S. The number of thiazole rings is 1. The molecule has 12 heteroatoms. The summed E-state index contributed by atoms with van der Waals surface area (Å²) in [5.41, 5.74) is 13.3. The number of nitrogen functional groups attached to an aromatic ring is 1. The molecule has 1 amide bonds. The molecule has 33 heavy (non-hydrogen) atoms. The molecule has 1 fully saturated rings. The average Bonchev–Trinajstić information content (AvgIpc) is 3.15. The molecule has 0 spiro atoms. The average molecular weight is 479 g/mol. The van der Waals surface area contributed by atoms with E-state index in [0.29, 0.717) is 12.2 Å². The van der Waals surface area contributed by atoms with E-state index in [1.807, 2.05) is 0 Å². The SMILES string of the molecule is Nc1sc(-c2ccccc2OC(F)(F)F)nc1C(=O)Nc1cnccc1N1CCCC(N)C1. The summed E-state index contributed by atoms with van der Waals surface area (Å²) in [6.07, 6.45) is 0.133. The number of pyridine rings is 1. The molecule has 5 N–H and O–H groups in total. The zero-order valence-corrected chi connectivity index (χ0v) is 18.1. The number of hydrogen-bond donors (Lipinski definition) is 3. The summed E-state index contributed by atoms with van der Waals surface area (Å²) < 4.78 is 42.4. The molecule has 1 saturated heterocycles. The monoisotopic (exact) mass is 478 g/mol. The van der Waals surface area contributed by atoms with Gasteiger partial charge in [0.05, 0.1) is 23.1 Å². The second-order valence-electron chi connectivity index (χ2n) is 7.47. The number of piperidine rings is 1. The Hall–Kier alpha value is -3.38. The molecule has 1 aliphatic rings. The first-order chi connectivity index (χ1) is 15.7. The Morgan fingerprint density at radius 1 is 1.27 bits per heavy atom. The van der Waals surface area contributed by atoms with E-state index in [9.17, 15) is 18.0 Å². The van der Waals surface area contributed by atoms with Gasteiger partial charge in [-0.2, -0.15) is 0 Å². The van der Waals surface area contributed by atoms with Crippen molar-refractivity contribution in [3.63, 3.8) is 0 Å². The third-order valence-electron chi connectivity index (χ3n) is 5.06. The van der Waals surface area contributed by atoms with E-state index >= 15 is 0 Å². The van der Waals surface area contributed by atoms with Gasteiger partial charge >= 0.3 is 6.36 Å². The lowest BCUT2D eigenvalue weighted by molar-refractivity contribution is -0.274. The molecule has 1 unspecified atom stereocenters. The number of amides is 1. The molecular weight excluding hydrogens is 457 g/mol. The first kappa shape index (κ1) is 22.8. The van der Waals surface area contributed by atoms with Gasteiger partial charge in [-0.05, 0) is 31.0 Å². The number of aromatic nitrogens is 2. The fraction of sp³-hybridized carbons (Fsp3) is 0.286. The van der Waals surface area contributed by atoms with Gasteiger partial charge in [0.15, 0.2) is 5.69 Å². The highest BCUT2D eigenvalue weighted by molar-refractivity contribution is 7.19. The van der Waals surface area contributed by atoms with Gasteiger partial charge in [0.1, 0.15) is 15.8 Å². The maximum Gasteiger partial charge on any atom is 0.573 e. The normalized spacial score (nSPS) is 16.5. The summed E-state index contributed by atoms with van der Waals surface area (Å²) in [7, 11) is 0. The fourth-order valence-corrected chi connectivity index (χ4v) is 4.50. The third-order valence-corrected chi connectivity index (χ3v) is 5.97. The number of alkyl halides is 3. The molecule has 2 aromatic heterocycles. The van der Waals surface area contributed by atoms with Crippen molar-refractivity contribution in [1.29, 1.82) is 0 Å². The minimum atomic E-state index is -4.87. The first-order valence-electron chi connectivity index (χ1n) is 10.1.